The molecule has 1 heterocycles. The Labute approximate surface area is 156 Å². The lowest BCUT2D eigenvalue weighted by atomic mass is 10.1. The molecule has 0 amide bonds. The summed E-state index contributed by atoms with van der Waals surface area (Å²) < 4.78 is 16.4. The van der Waals surface area contributed by atoms with Crippen LogP contribution in [0.3, 0.4) is 0 Å². The van der Waals surface area contributed by atoms with Gasteiger partial charge in [0.15, 0.2) is 0 Å². The summed E-state index contributed by atoms with van der Waals surface area (Å²) >= 11 is 0. The van der Waals surface area contributed by atoms with E-state index in [1.807, 2.05) is 12.1 Å². The third-order valence-electron chi connectivity index (χ3n) is 4.31. The summed E-state index contributed by atoms with van der Waals surface area (Å²) in [5.74, 6) is -0.320. The number of carbonyl (C=O) groups is 1. The molecule has 146 valence electrons. The van der Waals surface area contributed by atoms with Gasteiger partial charge in [-0.15, -0.1) is 0 Å². The predicted octanol–water partition coefficient (Wildman–Crippen LogP) is 2.84. The first-order valence-corrected chi connectivity index (χ1v) is 9.70. The summed E-state index contributed by atoms with van der Waals surface area (Å²) in [6.07, 6.45) is 4.75. The number of benzene rings is 1. The highest BCUT2D eigenvalue weighted by molar-refractivity contribution is 5.89. The van der Waals surface area contributed by atoms with E-state index >= 15 is 0 Å². The van der Waals surface area contributed by atoms with Gasteiger partial charge in [-0.25, -0.2) is 4.79 Å². The number of carbonyl (C=O) groups excluding carboxylic acids is 1. The van der Waals surface area contributed by atoms with Crippen LogP contribution in [0.2, 0.25) is 0 Å². The molecule has 1 aliphatic rings. The van der Waals surface area contributed by atoms with Crippen LogP contribution in [0.25, 0.3) is 0 Å². The predicted molar refractivity (Wildman–Crippen MR) is 103 cm³/mol. The fourth-order valence-electron chi connectivity index (χ4n) is 2.75. The van der Waals surface area contributed by atoms with Crippen LogP contribution in [-0.2, 0) is 14.2 Å². The average Bonchev–Trinajstić information content (AvgIpc) is 2.68. The van der Waals surface area contributed by atoms with Crippen molar-refractivity contribution < 1.29 is 19.0 Å². The van der Waals surface area contributed by atoms with Crippen LogP contribution in [-0.4, -0.2) is 58.1 Å². The van der Waals surface area contributed by atoms with E-state index in [0.717, 1.165) is 51.0 Å². The van der Waals surface area contributed by atoms with E-state index in [0.29, 0.717) is 31.5 Å². The van der Waals surface area contributed by atoms with Crippen molar-refractivity contribution in [3.05, 3.63) is 29.8 Å². The molecule has 0 bridgehead atoms. The molecule has 6 heteroatoms. The molecular weight excluding hydrogens is 332 g/mol. The van der Waals surface area contributed by atoms with Crippen molar-refractivity contribution in [1.82, 2.24) is 5.32 Å². The van der Waals surface area contributed by atoms with E-state index in [-0.39, 0.29) is 12.6 Å². The van der Waals surface area contributed by atoms with Crippen molar-refractivity contribution in [1.29, 1.82) is 0 Å². The zero-order valence-corrected chi connectivity index (χ0v) is 15.8. The molecule has 0 spiro atoms. The third-order valence-corrected chi connectivity index (χ3v) is 4.31. The van der Waals surface area contributed by atoms with Gasteiger partial charge in [-0.2, -0.15) is 0 Å². The highest BCUT2D eigenvalue weighted by Gasteiger charge is 2.12. The topological polar surface area (TPSA) is 68.8 Å². The molecule has 0 atom stereocenters. The Morgan fingerprint density at radius 3 is 2.58 bits per heavy atom. The van der Waals surface area contributed by atoms with Gasteiger partial charge < -0.3 is 24.8 Å². The van der Waals surface area contributed by atoms with Gasteiger partial charge in [0.25, 0.3) is 0 Å². The second-order valence-electron chi connectivity index (χ2n) is 6.43. The molecule has 0 saturated carbocycles. The third kappa shape index (κ3) is 8.17. The smallest absolute Gasteiger partial charge is 0.338 e. The van der Waals surface area contributed by atoms with Gasteiger partial charge >= 0.3 is 5.97 Å². The quantitative estimate of drug-likeness (QED) is 0.439. The zero-order chi connectivity index (χ0) is 18.5. The SMILES string of the molecule is CCCCNc1ccc(C(=O)OCCOCCOC2CCNCC2)cc1. The van der Waals surface area contributed by atoms with Crippen LogP contribution in [0.1, 0.15) is 43.0 Å². The maximum Gasteiger partial charge on any atom is 0.338 e. The van der Waals surface area contributed by atoms with Crippen molar-refractivity contribution in [2.75, 3.05) is 51.4 Å². The molecule has 1 aliphatic heterocycles. The summed E-state index contributed by atoms with van der Waals surface area (Å²) in [6, 6.07) is 7.37. The molecule has 0 aromatic heterocycles. The number of piperidine rings is 1. The van der Waals surface area contributed by atoms with Crippen molar-refractivity contribution in [3.8, 4) is 0 Å². The van der Waals surface area contributed by atoms with Crippen molar-refractivity contribution >= 4 is 11.7 Å². The van der Waals surface area contributed by atoms with Crippen molar-refractivity contribution in [3.63, 3.8) is 0 Å². The standard InChI is InChI=1S/C20H32N2O4/c1-2-3-10-22-18-6-4-17(5-7-18)20(23)26-16-14-24-13-15-25-19-8-11-21-12-9-19/h4-7,19,21-22H,2-3,8-16H2,1H3. The first-order chi connectivity index (χ1) is 12.8. The highest BCUT2D eigenvalue weighted by atomic mass is 16.6. The molecular formula is C20H32N2O4. The van der Waals surface area contributed by atoms with Crippen molar-refractivity contribution in [2.45, 2.75) is 38.7 Å². The number of nitrogens with one attached hydrogen (secondary N) is 2. The van der Waals surface area contributed by atoms with Gasteiger partial charge in [-0.1, -0.05) is 13.3 Å². The Bertz CT molecular complexity index is 501. The summed E-state index contributed by atoms with van der Waals surface area (Å²) in [5, 5.41) is 6.63. The van der Waals surface area contributed by atoms with E-state index < -0.39 is 0 Å². The lowest BCUT2D eigenvalue weighted by Gasteiger charge is -2.22. The lowest BCUT2D eigenvalue weighted by molar-refractivity contribution is -0.0167. The molecule has 1 saturated heterocycles. The van der Waals surface area contributed by atoms with Crippen LogP contribution in [0.5, 0.6) is 0 Å². The Balaban J connectivity index is 1.51. The van der Waals surface area contributed by atoms with E-state index in [9.17, 15) is 4.79 Å². The minimum Gasteiger partial charge on any atom is -0.460 e. The van der Waals surface area contributed by atoms with E-state index in [4.69, 9.17) is 14.2 Å². The summed E-state index contributed by atoms with van der Waals surface area (Å²) in [5.41, 5.74) is 1.58. The van der Waals surface area contributed by atoms with Gasteiger partial charge in [0.1, 0.15) is 6.61 Å². The summed E-state index contributed by atoms with van der Waals surface area (Å²) in [6.45, 7) is 6.91. The highest BCUT2D eigenvalue weighted by Crippen LogP contribution is 2.11. The maximum absolute atomic E-state index is 12.0. The molecule has 1 aromatic carbocycles. The van der Waals surface area contributed by atoms with Gasteiger partial charge in [-0.3, -0.25) is 0 Å². The van der Waals surface area contributed by atoms with Crippen LogP contribution >= 0.6 is 0 Å². The summed E-state index contributed by atoms with van der Waals surface area (Å²) in [7, 11) is 0. The zero-order valence-electron chi connectivity index (χ0n) is 15.8. The summed E-state index contributed by atoms with van der Waals surface area (Å²) in [4.78, 5) is 12.0. The monoisotopic (exact) mass is 364 g/mol. The molecule has 0 aliphatic carbocycles. The molecule has 26 heavy (non-hydrogen) atoms. The molecule has 6 nitrogen and oxygen atoms in total. The molecule has 2 N–H and O–H groups in total. The van der Waals surface area contributed by atoms with Gasteiger partial charge in [0.2, 0.25) is 0 Å². The van der Waals surface area contributed by atoms with Crippen LogP contribution in [0.15, 0.2) is 24.3 Å². The van der Waals surface area contributed by atoms with Gasteiger partial charge in [0, 0.05) is 12.2 Å². The van der Waals surface area contributed by atoms with E-state index in [1.54, 1.807) is 12.1 Å². The first-order valence-electron chi connectivity index (χ1n) is 9.70. The number of hydrogen-bond acceptors (Lipinski definition) is 6. The van der Waals surface area contributed by atoms with E-state index in [2.05, 4.69) is 17.6 Å². The van der Waals surface area contributed by atoms with Crippen molar-refractivity contribution in [2.24, 2.45) is 0 Å². The van der Waals surface area contributed by atoms with E-state index in [1.165, 1.54) is 0 Å². The Kier molecular flexibility index (Phi) is 10.1. The second kappa shape index (κ2) is 12.7. The molecule has 0 radical (unpaired) electrons. The van der Waals surface area contributed by atoms with Gasteiger partial charge in [-0.05, 0) is 56.6 Å². The Morgan fingerprint density at radius 1 is 1.12 bits per heavy atom. The average molecular weight is 364 g/mol. The minimum atomic E-state index is -0.320. The molecule has 1 aromatic rings. The fraction of sp³-hybridized carbons (Fsp3) is 0.650. The molecule has 0 unspecified atom stereocenters. The van der Waals surface area contributed by atoms with Crippen LogP contribution in [0, 0.1) is 0 Å². The number of hydrogen-bond donors (Lipinski definition) is 2. The number of rotatable bonds is 12. The largest absolute Gasteiger partial charge is 0.460 e. The van der Waals surface area contributed by atoms with Crippen LogP contribution in [0.4, 0.5) is 5.69 Å². The fourth-order valence-corrected chi connectivity index (χ4v) is 2.75. The normalized spacial score (nSPS) is 15.0. The maximum atomic E-state index is 12.0. The second-order valence-corrected chi connectivity index (χ2v) is 6.43. The number of esters is 1. The Hall–Kier alpha value is -1.63. The number of anilines is 1. The Morgan fingerprint density at radius 2 is 1.85 bits per heavy atom. The molecule has 1 fully saturated rings. The number of ether oxygens (including phenoxy) is 3. The molecule has 2 rings (SSSR count). The number of unbranched alkanes of at least 4 members (excludes halogenated alkanes) is 1. The first kappa shape index (κ1) is 20.7. The van der Waals surface area contributed by atoms with Crippen LogP contribution < -0.4 is 10.6 Å². The lowest BCUT2D eigenvalue weighted by Crippen LogP contribution is -2.33. The van der Waals surface area contributed by atoms with Gasteiger partial charge in [0.05, 0.1) is 31.5 Å². The minimum absolute atomic E-state index is 0.253.